The number of carbonyl (C=O) groups is 1. The van der Waals surface area contributed by atoms with E-state index >= 15 is 0 Å². The highest BCUT2D eigenvalue weighted by Crippen LogP contribution is 2.22. The third-order valence-electron chi connectivity index (χ3n) is 1.85. The van der Waals surface area contributed by atoms with Crippen LogP contribution in [0.25, 0.3) is 0 Å². The van der Waals surface area contributed by atoms with Crippen molar-refractivity contribution < 1.29 is 10.0 Å². The Morgan fingerprint density at radius 1 is 1.69 bits per heavy atom. The average molecular weight is 306 g/mol. The lowest BCUT2D eigenvalue weighted by Gasteiger charge is -2.03. The molecule has 1 heterocycles. The van der Waals surface area contributed by atoms with Gasteiger partial charge in [0.15, 0.2) is 0 Å². The summed E-state index contributed by atoms with van der Waals surface area (Å²) in [4.78, 5) is 12.3. The zero-order chi connectivity index (χ0) is 12.0. The van der Waals surface area contributed by atoms with Crippen LogP contribution in [-0.2, 0) is 0 Å². The zero-order valence-electron chi connectivity index (χ0n) is 8.44. The Bertz CT molecular complexity index is 392. The summed E-state index contributed by atoms with van der Waals surface area (Å²) in [6.07, 6.45) is 1.10. The minimum Gasteiger partial charge on any atom is -0.409 e. The number of oxime groups is 1. The van der Waals surface area contributed by atoms with Gasteiger partial charge in [-0.05, 0) is 33.8 Å². The van der Waals surface area contributed by atoms with Crippen molar-refractivity contribution in [2.45, 2.75) is 12.8 Å². The summed E-state index contributed by atoms with van der Waals surface area (Å²) in [5.74, 6) is 0.0629. The number of nitrogens with one attached hydrogen (secondary N) is 1. The average Bonchev–Trinajstić information content (AvgIpc) is 2.70. The minimum atomic E-state index is -0.110. The summed E-state index contributed by atoms with van der Waals surface area (Å²) >= 11 is 4.67. The first-order valence-electron chi connectivity index (χ1n) is 4.62. The molecule has 0 radical (unpaired) electrons. The molecular weight excluding hydrogens is 294 g/mol. The summed E-state index contributed by atoms with van der Waals surface area (Å²) in [5.41, 5.74) is 5.29. The second-order valence-electron chi connectivity index (χ2n) is 3.05. The predicted molar refractivity (Wildman–Crippen MR) is 67.0 cm³/mol. The Labute approximate surface area is 105 Å². The van der Waals surface area contributed by atoms with E-state index in [-0.39, 0.29) is 11.7 Å². The highest BCUT2D eigenvalue weighted by molar-refractivity contribution is 9.10. The van der Waals surface area contributed by atoms with Crippen LogP contribution in [0.4, 0.5) is 0 Å². The van der Waals surface area contributed by atoms with Crippen molar-refractivity contribution >= 4 is 39.0 Å². The SMILES string of the molecule is NC(CCCNC(=O)c1sccc1Br)=NO. The number of rotatable bonds is 5. The number of thiophene rings is 1. The van der Waals surface area contributed by atoms with Crippen LogP contribution >= 0.6 is 27.3 Å². The van der Waals surface area contributed by atoms with Gasteiger partial charge in [0.2, 0.25) is 0 Å². The molecule has 0 saturated carbocycles. The monoisotopic (exact) mass is 305 g/mol. The van der Waals surface area contributed by atoms with Crippen LogP contribution in [0, 0.1) is 0 Å². The molecule has 0 aromatic carbocycles. The molecule has 1 aromatic rings. The molecule has 1 rings (SSSR count). The van der Waals surface area contributed by atoms with Gasteiger partial charge in [0.1, 0.15) is 10.7 Å². The van der Waals surface area contributed by atoms with Crippen LogP contribution in [0.3, 0.4) is 0 Å². The lowest BCUT2D eigenvalue weighted by Crippen LogP contribution is -2.25. The van der Waals surface area contributed by atoms with Gasteiger partial charge in [-0.2, -0.15) is 0 Å². The predicted octanol–water partition coefficient (Wildman–Crippen LogP) is 1.77. The van der Waals surface area contributed by atoms with Gasteiger partial charge >= 0.3 is 0 Å². The smallest absolute Gasteiger partial charge is 0.262 e. The third kappa shape index (κ3) is 3.82. The van der Waals surface area contributed by atoms with Crippen molar-refractivity contribution in [3.8, 4) is 0 Å². The molecule has 0 bridgehead atoms. The summed E-state index contributed by atoms with van der Waals surface area (Å²) in [5, 5.41) is 15.7. The number of nitrogens with zero attached hydrogens (tertiary/aromatic N) is 1. The van der Waals surface area contributed by atoms with Crippen LogP contribution in [0.2, 0.25) is 0 Å². The molecule has 0 unspecified atom stereocenters. The normalized spacial score (nSPS) is 11.4. The topological polar surface area (TPSA) is 87.7 Å². The van der Waals surface area contributed by atoms with Gasteiger partial charge in [0.05, 0.1) is 0 Å². The summed E-state index contributed by atoms with van der Waals surface area (Å²) in [6.45, 7) is 0.499. The van der Waals surface area contributed by atoms with Crippen molar-refractivity contribution in [1.82, 2.24) is 5.32 Å². The molecule has 1 aromatic heterocycles. The molecule has 0 aliphatic carbocycles. The van der Waals surface area contributed by atoms with Gasteiger partial charge in [0, 0.05) is 17.4 Å². The van der Waals surface area contributed by atoms with Crippen molar-refractivity contribution in [3.63, 3.8) is 0 Å². The number of nitrogens with two attached hydrogens (primary N) is 1. The Kier molecular flexibility index (Phi) is 5.27. The number of amides is 1. The molecule has 0 aliphatic heterocycles. The quantitative estimate of drug-likeness (QED) is 0.255. The lowest BCUT2D eigenvalue weighted by atomic mass is 10.3. The summed E-state index contributed by atoms with van der Waals surface area (Å²) < 4.78 is 0.798. The maximum atomic E-state index is 11.6. The zero-order valence-corrected chi connectivity index (χ0v) is 10.8. The number of halogens is 1. The lowest BCUT2D eigenvalue weighted by molar-refractivity contribution is 0.0957. The van der Waals surface area contributed by atoms with Gasteiger partial charge in [-0.3, -0.25) is 4.79 Å². The highest BCUT2D eigenvalue weighted by atomic mass is 79.9. The van der Waals surface area contributed by atoms with Crippen LogP contribution in [0.15, 0.2) is 21.1 Å². The molecule has 0 saturated heterocycles. The molecule has 88 valence electrons. The maximum absolute atomic E-state index is 11.6. The molecule has 0 atom stereocenters. The van der Waals surface area contributed by atoms with Crippen molar-refractivity contribution in [1.29, 1.82) is 0 Å². The fourth-order valence-electron chi connectivity index (χ4n) is 1.06. The number of hydrogen-bond acceptors (Lipinski definition) is 4. The van der Waals surface area contributed by atoms with Gasteiger partial charge in [0.25, 0.3) is 5.91 Å². The second kappa shape index (κ2) is 6.49. The number of hydrogen-bond donors (Lipinski definition) is 3. The van der Waals surface area contributed by atoms with Crippen LogP contribution < -0.4 is 11.1 Å². The molecule has 0 fully saturated rings. The molecule has 7 heteroatoms. The molecule has 0 aliphatic rings. The van der Waals surface area contributed by atoms with E-state index in [1.807, 2.05) is 11.4 Å². The van der Waals surface area contributed by atoms with Gasteiger partial charge < -0.3 is 16.3 Å². The first-order valence-corrected chi connectivity index (χ1v) is 6.30. The third-order valence-corrected chi connectivity index (χ3v) is 3.68. The van der Waals surface area contributed by atoms with Crippen molar-refractivity contribution in [2.24, 2.45) is 10.9 Å². The first-order chi connectivity index (χ1) is 7.65. The van der Waals surface area contributed by atoms with E-state index in [2.05, 4.69) is 26.4 Å². The fraction of sp³-hybridized carbons (Fsp3) is 0.333. The van der Waals surface area contributed by atoms with Crippen molar-refractivity contribution in [2.75, 3.05) is 6.54 Å². The molecule has 5 nitrogen and oxygen atoms in total. The maximum Gasteiger partial charge on any atom is 0.262 e. The standard InChI is InChI=1S/C9H12BrN3O2S/c10-6-3-5-16-8(6)9(14)12-4-1-2-7(11)13-15/h3,5,15H,1-2,4H2,(H2,11,13)(H,12,14). The fourth-order valence-corrected chi connectivity index (χ4v) is 2.53. The molecule has 16 heavy (non-hydrogen) atoms. The van der Waals surface area contributed by atoms with E-state index in [1.54, 1.807) is 0 Å². The van der Waals surface area contributed by atoms with E-state index in [1.165, 1.54) is 11.3 Å². The van der Waals surface area contributed by atoms with E-state index in [0.717, 1.165) is 4.47 Å². The molecule has 1 amide bonds. The van der Waals surface area contributed by atoms with E-state index in [4.69, 9.17) is 10.9 Å². The molecular formula is C9H12BrN3O2S. The van der Waals surface area contributed by atoms with E-state index in [9.17, 15) is 4.79 Å². The van der Waals surface area contributed by atoms with E-state index < -0.39 is 0 Å². The largest absolute Gasteiger partial charge is 0.409 e. The van der Waals surface area contributed by atoms with Crippen LogP contribution in [0.5, 0.6) is 0 Å². The van der Waals surface area contributed by atoms with E-state index in [0.29, 0.717) is 24.3 Å². The number of carbonyl (C=O) groups excluding carboxylic acids is 1. The molecule has 0 spiro atoms. The Balaban J connectivity index is 2.29. The Hall–Kier alpha value is -1.08. The van der Waals surface area contributed by atoms with Crippen molar-refractivity contribution in [3.05, 3.63) is 20.8 Å². The van der Waals surface area contributed by atoms with Crippen LogP contribution in [0.1, 0.15) is 22.5 Å². The molecule has 4 N–H and O–H groups in total. The first kappa shape index (κ1) is 13.0. The summed E-state index contributed by atoms with van der Waals surface area (Å²) in [6, 6.07) is 1.83. The summed E-state index contributed by atoms with van der Waals surface area (Å²) in [7, 11) is 0. The second-order valence-corrected chi connectivity index (χ2v) is 4.82. The van der Waals surface area contributed by atoms with Gasteiger partial charge in [-0.25, -0.2) is 0 Å². The highest BCUT2D eigenvalue weighted by Gasteiger charge is 2.10. The Morgan fingerprint density at radius 2 is 2.44 bits per heavy atom. The van der Waals surface area contributed by atoms with Crippen LogP contribution in [-0.4, -0.2) is 23.5 Å². The minimum absolute atomic E-state index is 0.110. The number of amidine groups is 1. The Morgan fingerprint density at radius 3 is 3.00 bits per heavy atom. The van der Waals surface area contributed by atoms with Gasteiger partial charge in [-0.1, -0.05) is 5.16 Å². The van der Waals surface area contributed by atoms with Gasteiger partial charge in [-0.15, -0.1) is 11.3 Å².